The van der Waals surface area contributed by atoms with Gasteiger partial charge >= 0.3 is 6.18 Å². The first kappa shape index (κ1) is 17.7. The van der Waals surface area contributed by atoms with Crippen molar-refractivity contribution in [1.29, 1.82) is 0 Å². The summed E-state index contributed by atoms with van der Waals surface area (Å²) in [6.07, 6.45) is -2.95. The molecule has 21 heavy (non-hydrogen) atoms. The monoisotopic (exact) mass is 307 g/mol. The van der Waals surface area contributed by atoms with Crippen LogP contribution in [0, 0.1) is 0 Å². The summed E-state index contributed by atoms with van der Waals surface area (Å²) in [7, 11) is 0. The fourth-order valence-corrected chi connectivity index (χ4v) is 2.00. The highest BCUT2D eigenvalue weighted by Crippen LogP contribution is 2.22. The van der Waals surface area contributed by atoms with Crippen molar-refractivity contribution in [2.75, 3.05) is 6.61 Å². The van der Waals surface area contributed by atoms with Crippen LogP contribution in [0.1, 0.15) is 44.9 Å². The van der Waals surface area contributed by atoms with Gasteiger partial charge in [-0.25, -0.2) is 4.98 Å². The largest absolute Gasteiger partial charge is 0.468 e. The number of aliphatic hydroxyl groups excluding tert-OH is 1. The maximum Gasteiger partial charge on any atom is 0.422 e. The fourth-order valence-electron chi connectivity index (χ4n) is 2.00. The SMILES string of the molecule is CC([NH2+]C(C)(C)C)c1cnc(OCC(F)(F)F)c(CO)c1. The lowest BCUT2D eigenvalue weighted by molar-refractivity contribution is -0.751. The maximum absolute atomic E-state index is 12.1. The zero-order chi connectivity index (χ0) is 16.3. The Morgan fingerprint density at radius 1 is 1.33 bits per heavy atom. The molecule has 1 aromatic rings. The van der Waals surface area contributed by atoms with Crippen LogP contribution in [0.3, 0.4) is 0 Å². The highest BCUT2D eigenvalue weighted by molar-refractivity contribution is 5.30. The second-order valence-corrected chi connectivity index (χ2v) is 6.12. The fraction of sp³-hybridized carbons (Fsp3) is 0.643. The van der Waals surface area contributed by atoms with Crippen molar-refractivity contribution in [2.24, 2.45) is 0 Å². The van der Waals surface area contributed by atoms with E-state index in [9.17, 15) is 18.3 Å². The first-order valence-corrected chi connectivity index (χ1v) is 6.67. The minimum absolute atomic E-state index is 0.00422. The Morgan fingerprint density at radius 3 is 2.43 bits per heavy atom. The van der Waals surface area contributed by atoms with Crippen molar-refractivity contribution >= 4 is 0 Å². The summed E-state index contributed by atoms with van der Waals surface area (Å²) < 4.78 is 41.1. The Bertz CT molecular complexity index is 470. The topological polar surface area (TPSA) is 59.0 Å². The number of ether oxygens (including phenoxy) is 1. The first-order valence-electron chi connectivity index (χ1n) is 6.67. The molecule has 0 saturated heterocycles. The van der Waals surface area contributed by atoms with Crippen molar-refractivity contribution < 1.29 is 28.3 Å². The smallest absolute Gasteiger partial charge is 0.422 e. The molecule has 0 aliphatic rings. The van der Waals surface area contributed by atoms with Gasteiger partial charge in [-0.15, -0.1) is 0 Å². The minimum Gasteiger partial charge on any atom is -0.468 e. The van der Waals surface area contributed by atoms with E-state index >= 15 is 0 Å². The van der Waals surface area contributed by atoms with Gasteiger partial charge in [-0.1, -0.05) is 0 Å². The van der Waals surface area contributed by atoms with Crippen LogP contribution < -0.4 is 10.1 Å². The van der Waals surface area contributed by atoms with E-state index in [0.717, 1.165) is 5.56 Å². The number of halogens is 3. The van der Waals surface area contributed by atoms with E-state index in [1.165, 1.54) is 6.20 Å². The average Bonchev–Trinajstić information content (AvgIpc) is 2.33. The van der Waals surface area contributed by atoms with Crippen LogP contribution in [-0.2, 0) is 6.61 Å². The van der Waals surface area contributed by atoms with Crippen molar-refractivity contribution in [2.45, 2.75) is 52.1 Å². The molecule has 0 aliphatic carbocycles. The molecule has 0 radical (unpaired) electrons. The molecular formula is C14H22F3N2O2+. The number of nitrogens with zero attached hydrogens (tertiary/aromatic N) is 1. The van der Waals surface area contributed by atoms with Crippen LogP contribution in [0.25, 0.3) is 0 Å². The standard InChI is InChI=1S/C14H21F3N2O2/c1-9(19-13(2,3)4)10-5-11(7-20)12(18-6-10)21-8-14(15,16)17/h5-6,9,19-20H,7-8H2,1-4H3/p+1. The normalized spacial score (nSPS) is 14.1. The predicted molar refractivity (Wildman–Crippen MR) is 71.8 cm³/mol. The summed E-state index contributed by atoms with van der Waals surface area (Å²) in [6, 6.07) is 1.70. The van der Waals surface area contributed by atoms with Crippen LogP contribution in [0.2, 0.25) is 0 Å². The van der Waals surface area contributed by atoms with E-state index < -0.39 is 19.4 Å². The Hall–Kier alpha value is -1.34. The van der Waals surface area contributed by atoms with Gasteiger partial charge in [-0.2, -0.15) is 13.2 Å². The number of pyridine rings is 1. The van der Waals surface area contributed by atoms with Gasteiger partial charge in [0, 0.05) is 17.3 Å². The molecule has 1 heterocycles. The maximum atomic E-state index is 12.1. The number of hydrogen-bond donors (Lipinski definition) is 2. The summed E-state index contributed by atoms with van der Waals surface area (Å²) in [5.41, 5.74) is 1.09. The van der Waals surface area contributed by atoms with Crippen LogP contribution in [0.4, 0.5) is 13.2 Å². The van der Waals surface area contributed by atoms with Crippen LogP contribution in [0.5, 0.6) is 5.88 Å². The summed E-state index contributed by atoms with van der Waals surface area (Å²) in [5, 5.41) is 11.4. The Morgan fingerprint density at radius 2 is 1.95 bits per heavy atom. The molecule has 0 bridgehead atoms. The third-order valence-electron chi connectivity index (χ3n) is 2.77. The van der Waals surface area contributed by atoms with Crippen molar-refractivity contribution in [3.8, 4) is 5.88 Å². The summed E-state index contributed by atoms with van der Waals surface area (Å²) >= 11 is 0. The zero-order valence-corrected chi connectivity index (χ0v) is 12.7. The van der Waals surface area contributed by atoms with E-state index in [-0.39, 0.29) is 23.0 Å². The molecule has 0 amide bonds. The molecular weight excluding hydrogens is 285 g/mol. The molecule has 1 unspecified atom stereocenters. The molecule has 3 N–H and O–H groups in total. The van der Waals surface area contributed by atoms with Gasteiger partial charge in [-0.3, -0.25) is 0 Å². The Labute approximate surface area is 122 Å². The quantitative estimate of drug-likeness (QED) is 0.874. The second kappa shape index (κ2) is 6.62. The lowest BCUT2D eigenvalue weighted by Crippen LogP contribution is -2.94. The molecule has 0 spiro atoms. The van der Waals surface area contributed by atoms with Crippen LogP contribution >= 0.6 is 0 Å². The molecule has 4 nitrogen and oxygen atoms in total. The lowest BCUT2D eigenvalue weighted by Gasteiger charge is -2.23. The number of quaternary nitrogens is 1. The minimum atomic E-state index is -4.43. The molecule has 0 aliphatic heterocycles. The van der Waals surface area contributed by atoms with Gasteiger partial charge < -0.3 is 15.2 Å². The van der Waals surface area contributed by atoms with Crippen molar-refractivity contribution in [1.82, 2.24) is 4.98 Å². The first-order chi connectivity index (χ1) is 9.52. The van der Waals surface area contributed by atoms with Gasteiger partial charge in [0.15, 0.2) is 6.61 Å². The van der Waals surface area contributed by atoms with Gasteiger partial charge in [0.2, 0.25) is 5.88 Å². The number of aliphatic hydroxyl groups is 1. The molecule has 0 saturated carbocycles. The summed E-state index contributed by atoms with van der Waals surface area (Å²) in [6.45, 7) is 6.31. The molecule has 7 heteroatoms. The zero-order valence-electron chi connectivity index (χ0n) is 12.7. The molecule has 120 valence electrons. The molecule has 0 fully saturated rings. The van der Waals surface area contributed by atoms with E-state index in [0.29, 0.717) is 0 Å². The molecule has 1 atom stereocenters. The Balaban J connectivity index is 2.88. The number of hydrogen-bond acceptors (Lipinski definition) is 3. The predicted octanol–water partition coefficient (Wildman–Crippen LogP) is 1.94. The average molecular weight is 307 g/mol. The molecule has 1 rings (SSSR count). The summed E-state index contributed by atoms with van der Waals surface area (Å²) in [5.74, 6) is -0.179. The van der Waals surface area contributed by atoms with Gasteiger partial charge in [-0.05, 0) is 33.8 Å². The highest BCUT2D eigenvalue weighted by Gasteiger charge is 2.29. The lowest BCUT2D eigenvalue weighted by atomic mass is 10.0. The van der Waals surface area contributed by atoms with E-state index in [1.807, 2.05) is 6.92 Å². The number of rotatable bonds is 5. The van der Waals surface area contributed by atoms with Gasteiger partial charge in [0.25, 0.3) is 0 Å². The van der Waals surface area contributed by atoms with E-state index in [4.69, 9.17) is 0 Å². The van der Waals surface area contributed by atoms with E-state index in [1.54, 1.807) is 6.07 Å². The molecule has 1 aromatic heterocycles. The third-order valence-corrected chi connectivity index (χ3v) is 2.77. The van der Waals surface area contributed by atoms with Gasteiger partial charge in [0.1, 0.15) is 6.04 Å². The number of nitrogens with two attached hydrogens (primary N) is 1. The van der Waals surface area contributed by atoms with Crippen LogP contribution in [0.15, 0.2) is 12.3 Å². The second-order valence-electron chi connectivity index (χ2n) is 6.12. The van der Waals surface area contributed by atoms with Gasteiger partial charge in [0.05, 0.1) is 12.1 Å². The third kappa shape index (κ3) is 6.31. The number of alkyl halides is 3. The Kier molecular flexibility index (Phi) is 5.58. The van der Waals surface area contributed by atoms with Crippen LogP contribution in [-0.4, -0.2) is 28.4 Å². The van der Waals surface area contributed by atoms with Crippen molar-refractivity contribution in [3.05, 3.63) is 23.4 Å². The van der Waals surface area contributed by atoms with Crippen molar-refractivity contribution in [3.63, 3.8) is 0 Å². The van der Waals surface area contributed by atoms with E-state index in [2.05, 4.69) is 35.8 Å². The summed E-state index contributed by atoms with van der Waals surface area (Å²) in [4.78, 5) is 3.90. The molecule has 0 aromatic carbocycles. The number of aromatic nitrogens is 1. The highest BCUT2D eigenvalue weighted by atomic mass is 19.4.